The van der Waals surface area contributed by atoms with Crippen molar-refractivity contribution in [3.8, 4) is 5.75 Å². The standard InChI is InChI=1S/C13H18FNO3/c1-9(7-8-16)15-13(17)10(2)18-12-5-3-11(14)4-6-12/h3-6,9-10,16H,7-8H2,1-2H3,(H,15,17). The molecule has 1 aromatic rings. The second-order valence-electron chi connectivity index (χ2n) is 4.14. The predicted molar refractivity (Wildman–Crippen MR) is 65.8 cm³/mol. The number of halogens is 1. The van der Waals surface area contributed by atoms with Crippen LogP contribution in [0.5, 0.6) is 5.75 Å². The molecule has 0 fully saturated rings. The van der Waals surface area contributed by atoms with E-state index in [4.69, 9.17) is 9.84 Å². The number of carbonyl (C=O) groups is 1. The SMILES string of the molecule is CC(CCO)NC(=O)C(C)Oc1ccc(F)cc1. The van der Waals surface area contributed by atoms with Gasteiger partial charge in [0.1, 0.15) is 11.6 Å². The Balaban J connectivity index is 2.46. The molecule has 2 unspecified atom stereocenters. The largest absolute Gasteiger partial charge is 0.481 e. The van der Waals surface area contributed by atoms with Gasteiger partial charge in [0.05, 0.1) is 0 Å². The highest BCUT2D eigenvalue weighted by Crippen LogP contribution is 2.13. The Hall–Kier alpha value is -1.62. The van der Waals surface area contributed by atoms with E-state index in [-0.39, 0.29) is 24.4 Å². The number of nitrogens with one attached hydrogen (secondary N) is 1. The molecule has 2 N–H and O–H groups in total. The fourth-order valence-corrected chi connectivity index (χ4v) is 1.40. The van der Waals surface area contributed by atoms with E-state index in [1.165, 1.54) is 24.3 Å². The van der Waals surface area contributed by atoms with Gasteiger partial charge in [0.15, 0.2) is 6.10 Å². The van der Waals surface area contributed by atoms with Crippen molar-refractivity contribution >= 4 is 5.91 Å². The third-order valence-electron chi connectivity index (χ3n) is 2.45. The van der Waals surface area contributed by atoms with Crippen LogP contribution in [-0.2, 0) is 4.79 Å². The normalized spacial score (nSPS) is 13.8. The summed E-state index contributed by atoms with van der Waals surface area (Å²) < 4.78 is 18.0. The first-order valence-corrected chi connectivity index (χ1v) is 5.86. The molecule has 0 aliphatic rings. The molecule has 100 valence electrons. The second-order valence-corrected chi connectivity index (χ2v) is 4.14. The van der Waals surface area contributed by atoms with Gasteiger partial charge in [-0.1, -0.05) is 0 Å². The van der Waals surface area contributed by atoms with Crippen LogP contribution in [-0.4, -0.2) is 29.8 Å². The monoisotopic (exact) mass is 255 g/mol. The van der Waals surface area contributed by atoms with Crippen LogP contribution < -0.4 is 10.1 Å². The van der Waals surface area contributed by atoms with Crippen molar-refractivity contribution in [2.45, 2.75) is 32.4 Å². The maximum absolute atomic E-state index is 12.7. The fourth-order valence-electron chi connectivity index (χ4n) is 1.40. The number of hydrogen-bond donors (Lipinski definition) is 2. The van der Waals surface area contributed by atoms with Crippen LogP contribution in [0, 0.1) is 5.82 Å². The predicted octanol–water partition coefficient (Wildman–Crippen LogP) is 1.48. The zero-order valence-electron chi connectivity index (χ0n) is 10.5. The Bertz CT molecular complexity index is 380. The van der Waals surface area contributed by atoms with Gasteiger partial charge in [-0.3, -0.25) is 4.79 Å². The third-order valence-corrected chi connectivity index (χ3v) is 2.45. The number of hydrogen-bond acceptors (Lipinski definition) is 3. The molecule has 18 heavy (non-hydrogen) atoms. The minimum atomic E-state index is -0.670. The highest BCUT2D eigenvalue weighted by molar-refractivity contribution is 5.80. The van der Waals surface area contributed by atoms with Crippen molar-refractivity contribution in [3.63, 3.8) is 0 Å². The molecule has 0 aliphatic carbocycles. The van der Waals surface area contributed by atoms with Gasteiger partial charge in [-0.05, 0) is 44.5 Å². The lowest BCUT2D eigenvalue weighted by Gasteiger charge is -2.18. The van der Waals surface area contributed by atoms with Crippen LogP contribution in [0.25, 0.3) is 0 Å². The number of rotatable bonds is 6. The summed E-state index contributed by atoms with van der Waals surface area (Å²) in [7, 11) is 0. The minimum absolute atomic E-state index is 0.0225. The molecule has 2 atom stereocenters. The quantitative estimate of drug-likeness (QED) is 0.809. The first kappa shape index (κ1) is 14.4. The molecule has 1 rings (SSSR count). The van der Waals surface area contributed by atoms with Crippen molar-refractivity contribution in [1.82, 2.24) is 5.32 Å². The minimum Gasteiger partial charge on any atom is -0.481 e. The van der Waals surface area contributed by atoms with Gasteiger partial charge in [-0.2, -0.15) is 0 Å². The number of amides is 1. The Kier molecular flexibility index (Phi) is 5.58. The molecule has 0 spiro atoms. The Morgan fingerprint density at radius 1 is 1.39 bits per heavy atom. The topological polar surface area (TPSA) is 58.6 Å². The van der Waals surface area contributed by atoms with E-state index in [9.17, 15) is 9.18 Å². The molecule has 5 heteroatoms. The lowest BCUT2D eigenvalue weighted by atomic mass is 10.2. The molecule has 0 aliphatic heterocycles. The molecule has 0 saturated heterocycles. The molecule has 0 heterocycles. The van der Waals surface area contributed by atoms with Crippen LogP contribution in [0.3, 0.4) is 0 Å². The lowest BCUT2D eigenvalue weighted by Crippen LogP contribution is -2.41. The first-order chi connectivity index (χ1) is 8.52. The molecular weight excluding hydrogens is 237 g/mol. The van der Waals surface area contributed by atoms with Crippen LogP contribution in [0.4, 0.5) is 4.39 Å². The molecular formula is C13H18FNO3. The number of carbonyl (C=O) groups excluding carboxylic acids is 1. The smallest absolute Gasteiger partial charge is 0.260 e. The first-order valence-electron chi connectivity index (χ1n) is 5.86. The Morgan fingerprint density at radius 2 is 2.00 bits per heavy atom. The van der Waals surface area contributed by atoms with Gasteiger partial charge in [0.25, 0.3) is 5.91 Å². The van der Waals surface area contributed by atoms with Crippen molar-refractivity contribution in [1.29, 1.82) is 0 Å². The average molecular weight is 255 g/mol. The molecule has 1 aromatic carbocycles. The zero-order chi connectivity index (χ0) is 13.5. The molecule has 4 nitrogen and oxygen atoms in total. The van der Waals surface area contributed by atoms with E-state index in [0.29, 0.717) is 12.2 Å². The zero-order valence-corrected chi connectivity index (χ0v) is 10.5. The van der Waals surface area contributed by atoms with Crippen LogP contribution in [0.2, 0.25) is 0 Å². The van der Waals surface area contributed by atoms with Crippen LogP contribution in [0.15, 0.2) is 24.3 Å². The number of aliphatic hydroxyl groups excluding tert-OH is 1. The highest BCUT2D eigenvalue weighted by atomic mass is 19.1. The van der Waals surface area contributed by atoms with Crippen LogP contribution >= 0.6 is 0 Å². The summed E-state index contributed by atoms with van der Waals surface area (Å²) in [5.74, 6) is -0.176. The van der Waals surface area contributed by atoms with E-state index >= 15 is 0 Å². The molecule has 0 radical (unpaired) electrons. The summed E-state index contributed by atoms with van der Waals surface area (Å²) in [4.78, 5) is 11.7. The molecule has 1 amide bonds. The van der Waals surface area contributed by atoms with Crippen molar-refractivity contribution in [2.75, 3.05) is 6.61 Å². The summed E-state index contributed by atoms with van der Waals surface area (Å²) in [6.45, 7) is 3.44. The summed E-state index contributed by atoms with van der Waals surface area (Å²) in [6, 6.07) is 5.37. The summed E-state index contributed by atoms with van der Waals surface area (Å²) >= 11 is 0. The fraction of sp³-hybridized carbons (Fsp3) is 0.462. The Labute approximate surface area is 106 Å². The van der Waals surface area contributed by atoms with Gasteiger partial charge < -0.3 is 15.2 Å². The van der Waals surface area contributed by atoms with E-state index in [0.717, 1.165) is 0 Å². The molecule has 0 bridgehead atoms. The van der Waals surface area contributed by atoms with Crippen molar-refractivity contribution in [2.24, 2.45) is 0 Å². The van der Waals surface area contributed by atoms with Gasteiger partial charge in [-0.25, -0.2) is 4.39 Å². The number of benzene rings is 1. The van der Waals surface area contributed by atoms with Gasteiger partial charge in [0.2, 0.25) is 0 Å². The number of ether oxygens (including phenoxy) is 1. The summed E-state index contributed by atoms with van der Waals surface area (Å²) in [5.41, 5.74) is 0. The maximum atomic E-state index is 12.7. The summed E-state index contributed by atoms with van der Waals surface area (Å²) in [5, 5.41) is 11.4. The van der Waals surface area contributed by atoms with Gasteiger partial charge >= 0.3 is 0 Å². The Morgan fingerprint density at radius 3 is 2.56 bits per heavy atom. The average Bonchev–Trinajstić information content (AvgIpc) is 2.32. The van der Waals surface area contributed by atoms with Gasteiger partial charge in [0, 0.05) is 12.6 Å². The molecule has 0 aromatic heterocycles. The second kappa shape index (κ2) is 6.96. The summed E-state index contributed by atoms with van der Waals surface area (Å²) in [6.07, 6.45) is -0.175. The van der Waals surface area contributed by atoms with E-state index in [1.54, 1.807) is 13.8 Å². The maximum Gasteiger partial charge on any atom is 0.260 e. The number of aliphatic hydroxyl groups is 1. The van der Waals surface area contributed by atoms with E-state index in [1.807, 2.05) is 0 Å². The van der Waals surface area contributed by atoms with Crippen molar-refractivity contribution in [3.05, 3.63) is 30.1 Å². The van der Waals surface area contributed by atoms with E-state index < -0.39 is 6.10 Å². The van der Waals surface area contributed by atoms with Gasteiger partial charge in [-0.15, -0.1) is 0 Å². The highest BCUT2D eigenvalue weighted by Gasteiger charge is 2.16. The lowest BCUT2D eigenvalue weighted by molar-refractivity contribution is -0.127. The molecule has 0 saturated carbocycles. The van der Waals surface area contributed by atoms with E-state index in [2.05, 4.69) is 5.32 Å². The van der Waals surface area contributed by atoms with Crippen LogP contribution in [0.1, 0.15) is 20.3 Å². The third kappa shape index (κ3) is 4.71. The van der Waals surface area contributed by atoms with Crippen molar-refractivity contribution < 1.29 is 19.0 Å².